The number of para-hydroxylation sites is 1. The number of nitrogens with zero attached hydrogens (tertiary/aromatic N) is 2. The summed E-state index contributed by atoms with van der Waals surface area (Å²) in [5.41, 5.74) is 1.18. The molecule has 0 saturated carbocycles. The summed E-state index contributed by atoms with van der Waals surface area (Å²) in [4.78, 5) is 9.95. The van der Waals surface area contributed by atoms with E-state index in [2.05, 4.69) is 14.9 Å². The van der Waals surface area contributed by atoms with Crippen LogP contribution in [0.5, 0.6) is 0 Å². The third-order valence-corrected chi connectivity index (χ3v) is 4.06. The van der Waals surface area contributed by atoms with Crippen LogP contribution in [0.1, 0.15) is 31.5 Å². The first-order valence-electron chi connectivity index (χ1n) is 7.26. The fourth-order valence-corrected chi connectivity index (χ4v) is 3.07. The summed E-state index contributed by atoms with van der Waals surface area (Å²) in [6.07, 6.45) is 4.22. The van der Waals surface area contributed by atoms with Crippen molar-refractivity contribution in [3.63, 3.8) is 0 Å². The quantitative estimate of drug-likeness (QED) is 0.882. The van der Waals surface area contributed by atoms with E-state index in [1.807, 2.05) is 6.07 Å². The molecule has 1 atom stereocenters. The number of aliphatic hydroxyl groups excluding tert-OH is 1. The molecule has 1 aromatic carbocycles. The average molecular weight is 277 g/mol. The monoisotopic (exact) mass is 277 g/mol. The molecule has 0 spiro atoms. The molecule has 4 nitrogen and oxygen atoms in total. The molecule has 108 valence electrons. The Balaban J connectivity index is 1.73. The Morgan fingerprint density at radius 2 is 2.35 bits per heavy atom. The minimum atomic E-state index is -0.275. The summed E-state index contributed by atoms with van der Waals surface area (Å²) in [6, 6.07) is 5.49. The standard InChI is InChI=1S/C15H20FN3O/c16-12-6-1-7-13-15(12)18-14(17-13)10-19-8-2-4-11(19)5-3-9-20/h1,6-7,11,20H,2-5,8-10H2,(H,17,18). The van der Waals surface area contributed by atoms with Crippen molar-refractivity contribution in [3.8, 4) is 0 Å². The molecule has 1 aliphatic rings. The Morgan fingerprint density at radius 3 is 3.15 bits per heavy atom. The predicted molar refractivity (Wildman–Crippen MR) is 75.8 cm³/mol. The number of hydrogen-bond donors (Lipinski definition) is 2. The number of rotatable bonds is 5. The maximum Gasteiger partial charge on any atom is 0.151 e. The summed E-state index contributed by atoms with van der Waals surface area (Å²) < 4.78 is 13.6. The van der Waals surface area contributed by atoms with Gasteiger partial charge in [0.25, 0.3) is 0 Å². The van der Waals surface area contributed by atoms with E-state index < -0.39 is 0 Å². The van der Waals surface area contributed by atoms with Crippen molar-refractivity contribution in [1.82, 2.24) is 14.9 Å². The molecule has 1 saturated heterocycles. The fraction of sp³-hybridized carbons (Fsp3) is 0.533. The van der Waals surface area contributed by atoms with Gasteiger partial charge in [0.15, 0.2) is 5.82 Å². The number of imidazole rings is 1. The van der Waals surface area contributed by atoms with E-state index in [1.54, 1.807) is 6.07 Å². The van der Waals surface area contributed by atoms with Gasteiger partial charge in [-0.15, -0.1) is 0 Å². The van der Waals surface area contributed by atoms with Crippen LogP contribution in [0.3, 0.4) is 0 Å². The van der Waals surface area contributed by atoms with Crippen LogP contribution in [0.15, 0.2) is 18.2 Å². The molecule has 1 aliphatic heterocycles. The summed E-state index contributed by atoms with van der Waals surface area (Å²) in [6.45, 7) is 2.03. The lowest BCUT2D eigenvalue weighted by atomic mass is 10.1. The van der Waals surface area contributed by atoms with E-state index in [1.165, 1.54) is 18.9 Å². The second-order valence-electron chi connectivity index (χ2n) is 5.45. The first kappa shape index (κ1) is 13.5. The number of aromatic amines is 1. The van der Waals surface area contributed by atoms with E-state index in [-0.39, 0.29) is 12.4 Å². The summed E-state index contributed by atoms with van der Waals surface area (Å²) in [7, 11) is 0. The van der Waals surface area contributed by atoms with Crippen LogP contribution in [0.2, 0.25) is 0 Å². The van der Waals surface area contributed by atoms with Gasteiger partial charge >= 0.3 is 0 Å². The normalized spacial score (nSPS) is 20.0. The highest BCUT2D eigenvalue weighted by Gasteiger charge is 2.24. The number of hydrogen-bond acceptors (Lipinski definition) is 3. The predicted octanol–water partition coefficient (Wildman–Crippen LogP) is 2.44. The molecule has 2 N–H and O–H groups in total. The Hall–Kier alpha value is -1.46. The molecule has 20 heavy (non-hydrogen) atoms. The van der Waals surface area contributed by atoms with E-state index in [9.17, 15) is 4.39 Å². The number of nitrogens with one attached hydrogen (secondary N) is 1. The molecule has 1 unspecified atom stereocenters. The van der Waals surface area contributed by atoms with Crippen LogP contribution in [-0.4, -0.2) is 39.2 Å². The van der Waals surface area contributed by atoms with Crippen LogP contribution in [0.4, 0.5) is 4.39 Å². The summed E-state index contributed by atoms with van der Waals surface area (Å²) in [5, 5.41) is 8.95. The maximum atomic E-state index is 13.6. The van der Waals surface area contributed by atoms with Gasteiger partial charge in [-0.25, -0.2) is 9.37 Å². The maximum absolute atomic E-state index is 13.6. The molecule has 0 bridgehead atoms. The van der Waals surface area contributed by atoms with Crippen molar-refractivity contribution < 1.29 is 9.50 Å². The Labute approximate surface area is 117 Å². The van der Waals surface area contributed by atoms with Crippen LogP contribution < -0.4 is 0 Å². The zero-order chi connectivity index (χ0) is 13.9. The van der Waals surface area contributed by atoms with E-state index >= 15 is 0 Å². The number of halogens is 1. The number of benzene rings is 1. The zero-order valence-electron chi connectivity index (χ0n) is 11.5. The van der Waals surface area contributed by atoms with Crippen molar-refractivity contribution in [2.45, 2.75) is 38.3 Å². The molecule has 0 amide bonds. The minimum absolute atomic E-state index is 0.250. The third-order valence-electron chi connectivity index (χ3n) is 4.06. The van der Waals surface area contributed by atoms with Crippen molar-refractivity contribution in [2.75, 3.05) is 13.2 Å². The highest BCUT2D eigenvalue weighted by molar-refractivity contribution is 5.75. The van der Waals surface area contributed by atoms with Gasteiger partial charge in [-0.05, 0) is 44.4 Å². The number of aromatic nitrogens is 2. The van der Waals surface area contributed by atoms with Crippen molar-refractivity contribution in [3.05, 3.63) is 29.8 Å². The SMILES string of the molecule is OCCCC1CCCN1Cc1nc2c(F)cccc2[nH]1. The summed E-state index contributed by atoms with van der Waals surface area (Å²) >= 11 is 0. The molecular formula is C15H20FN3O. The Kier molecular flexibility index (Phi) is 3.98. The molecular weight excluding hydrogens is 257 g/mol. The van der Waals surface area contributed by atoms with Crippen LogP contribution in [-0.2, 0) is 6.54 Å². The Bertz CT molecular complexity index is 584. The average Bonchev–Trinajstić information content (AvgIpc) is 3.04. The molecule has 0 radical (unpaired) electrons. The summed E-state index contributed by atoms with van der Waals surface area (Å²) in [5.74, 6) is 0.546. The second kappa shape index (κ2) is 5.89. The van der Waals surface area contributed by atoms with Gasteiger partial charge in [0.1, 0.15) is 11.3 Å². The Morgan fingerprint density at radius 1 is 1.45 bits per heavy atom. The van der Waals surface area contributed by atoms with Gasteiger partial charge in [-0.1, -0.05) is 6.07 Å². The van der Waals surface area contributed by atoms with Crippen LogP contribution in [0.25, 0.3) is 11.0 Å². The number of likely N-dealkylation sites (tertiary alicyclic amines) is 1. The molecule has 5 heteroatoms. The number of aliphatic hydroxyl groups is 1. The van der Waals surface area contributed by atoms with Gasteiger partial charge < -0.3 is 10.1 Å². The van der Waals surface area contributed by atoms with Crippen molar-refractivity contribution in [2.24, 2.45) is 0 Å². The molecule has 0 aliphatic carbocycles. The molecule has 1 fully saturated rings. The lowest BCUT2D eigenvalue weighted by Gasteiger charge is -2.23. The highest BCUT2D eigenvalue weighted by Crippen LogP contribution is 2.24. The van der Waals surface area contributed by atoms with Gasteiger partial charge in [0, 0.05) is 12.6 Å². The molecule has 2 aromatic rings. The van der Waals surface area contributed by atoms with Gasteiger partial charge in [-0.2, -0.15) is 0 Å². The largest absolute Gasteiger partial charge is 0.396 e. The topological polar surface area (TPSA) is 52.1 Å². The van der Waals surface area contributed by atoms with Crippen LogP contribution >= 0.6 is 0 Å². The van der Waals surface area contributed by atoms with Gasteiger partial charge in [-0.3, -0.25) is 4.90 Å². The molecule has 1 aromatic heterocycles. The molecule has 3 rings (SSSR count). The van der Waals surface area contributed by atoms with E-state index in [0.717, 1.165) is 37.3 Å². The lowest BCUT2D eigenvalue weighted by Crippen LogP contribution is -2.29. The second-order valence-corrected chi connectivity index (χ2v) is 5.45. The fourth-order valence-electron chi connectivity index (χ4n) is 3.07. The highest BCUT2D eigenvalue weighted by atomic mass is 19.1. The minimum Gasteiger partial charge on any atom is -0.396 e. The molecule has 2 heterocycles. The van der Waals surface area contributed by atoms with Crippen molar-refractivity contribution >= 4 is 11.0 Å². The first-order chi connectivity index (χ1) is 9.78. The van der Waals surface area contributed by atoms with Gasteiger partial charge in [0.2, 0.25) is 0 Å². The van der Waals surface area contributed by atoms with Crippen LogP contribution in [0, 0.1) is 5.82 Å². The number of fused-ring (bicyclic) bond motifs is 1. The third kappa shape index (κ3) is 2.69. The van der Waals surface area contributed by atoms with Crippen molar-refractivity contribution in [1.29, 1.82) is 0 Å². The van der Waals surface area contributed by atoms with E-state index in [0.29, 0.717) is 11.6 Å². The van der Waals surface area contributed by atoms with Gasteiger partial charge in [0.05, 0.1) is 12.1 Å². The lowest BCUT2D eigenvalue weighted by molar-refractivity contribution is 0.207. The van der Waals surface area contributed by atoms with E-state index in [4.69, 9.17) is 5.11 Å². The zero-order valence-corrected chi connectivity index (χ0v) is 11.5. The smallest absolute Gasteiger partial charge is 0.151 e. The number of H-pyrrole nitrogens is 1. The first-order valence-corrected chi connectivity index (χ1v) is 7.26.